The van der Waals surface area contributed by atoms with E-state index in [-0.39, 0.29) is 40.7 Å². The SMILES string of the molecule is C=C1CCC2[C@H](CNC(C)=O)C([C@@]3(C)CC[C@H](OC(C)=O)C[C@@H]3COC(C)=O)CC[C@]12C. The Hall–Kier alpha value is -1.85. The molecule has 3 saturated carbocycles. The third-order valence-corrected chi connectivity index (χ3v) is 9.13. The summed E-state index contributed by atoms with van der Waals surface area (Å²) in [5.74, 6) is 0.838. The number of rotatable bonds is 6. The van der Waals surface area contributed by atoms with E-state index in [1.54, 1.807) is 6.92 Å². The molecule has 0 radical (unpaired) electrons. The lowest BCUT2D eigenvalue weighted by Crippen LogP contribution is -2.54. The molecule has 2 unspecified atom stereocenters. The maximum absolute atomic E-state index is 11.8. The van der Waals surface area contributed by atoms with Gasteiger partial charge in [0.2, 0.25) is 5.91 Å². The van der Waals surface area contributed by atoms with Crippen LogP contribution in [-0.2, 0) is 23.9 Å². The van der Waals surface area contributed by atoms with Crippen LogP contribution in [0.2, 0.25) is 0 Å². The highest BCUT2D eigenvalue weighted by molar-refractivity contribution is 5.72. The molecule has 0 aromatic rings. The molecule has 32 heavy (non-hydrogen) atoms. The van der Waals surface area contributed by atoms with Crippen LogP contribution in [0.25, 0.3) is 0 Å². The second-order valence-corrected chi connectivity index (χ2v) is 10.9. The molecule has 3 fully saturated rings. The van der Waals surface area contributed by atoms with Crippen molar-refractivity contribution in [2.45, 2.75) is 85.7 Å². The Labute approximate surface area is 192 Å². The number of hydrogen-bond donors (Lipinski definition) is 1. The van der Waals surface area contributed by atoms with Crippen molar-refractivity contribution in [1.29, 1.82) is 0 Å². The predicted octanol–water partition coefficient (Wildman–Crippen LogP) is 4.42. The van der Waals surface area contributed by atoms with Gasteiger partial charge < -0.3 is 14.8 Å². The minimum Gasteiger partial charge on any atom is -0.466 e. The first-order valence-electron chi connectivity index (χ1n) is 12.2. The number of nitrogens with one attached hydrogen (secondary N) is 1. The molecule has 3 aliphatic carbocycles. The average molecular weight is 448 g/mol. The van der Waals surface area contributed by atoms with Crippen molar-refractivity contribution in [1.82, 2.24) is 5.32 Å². The van der Waals surface area contributed by atoms with E-state index in [0.29, 0.717) is 37.3 Å². The van der Waals surface area contributed by atoms with Gasteiger partial charge >= 0.3 is 11.9 Å². The number of ether oxygens (including phenoxy) is 2. The quantitative estimate of drug-likeness (QED) is 0.481. The van der Waals surface area contributed by atoms with E-state index in [4.69, 9.17) is 9.47 Å². The minimum atomic E-state index is -0.278. The third kappa shape index (κ3) is 4.89. The zero-order valence-electron chi connectivity index (χ0n) is 20.5. The number of fused-ring (bicyclic) bond motifs is 1. The summed E-state index contributed by atoms with van der Waals surface area (Å²) in [5, 5.41) is 3.12. The smallest absolute Gasteiger partial charge is 0.302 e. The molecule has 0 heterocycles. The van der Waals surface area contributed by atoms with Gasteiger partial charge in [-0.05, 0) is 73.5 Å². The Bertz CT molecular complexity index is 763. The second kappa shape index (κ2) is 9.56. The zero-order chi connectivity index (χ0) is 23.7. The fourth-order valence-electron chi connectivity index (χ4n) is 7.25. The Morgan fingerprint density at radius 1 is 1.03 bits per heavy atom. The Balaban J connectivity index is 1.90. The van der Waals surface area contributed by atoms with Gasteiger partial charge in [0.05, 0.1) is 6.61 Å². The van der Waals surface area contributed by atoms with Crippen LogP contribution in [0, 0.1) is 34.5 Å². The van der Waals surface area contributed by atoms with Crippen LogP contribution in [0.1, 0.15) is 79.6 Å². The van der Waals surface area contributed by atoms with Gasteiger partial charge in [0.15, 0.2) is 0 Å². The molecule has 3 aliphatic rings. The summed E-state index contributed by atoms with van der Waals surface area (Å²) in [7, 11) is 0. The van der Waals surface area contributed by atoms with E-state index in [2.05, 4.69) is 25.7 Å². The lowest BCUT2D eigenvalue weighted by Gasteiger charge is -2.56. The molecule has 3 rings (SSSR count). The summed E-state index contributed by atoms with van der Waals surface area (Å²) in [6.45, 7) is 14.6. The summed E-state index contributed by atoms with van der Waals surface area (Å²) in [5.41, 5.74) is 1.44. The van der Waals surface area contributed by atoms with Crippen LogP contribution in [0.5, 0.6) is 0 Å². The molecule has 0 bridgehead atoms. The maximum atomic E-state index is 11.8. The van der Waals surface area contributed by atoms with Crippen molar-refractivity contribution >= 4 is 17.8 Å². The van der Waals surface area contributed by atoms with Gasteiger partial charge in [0.1, 0.15) is 6.10 Å². The molecular formula is C26H41NO5. The first-order valence-corrected chi connectivity index (χ1v) is 12.2. The van der Waals surface area contributed by atoms with Crippen molar-refractivity contribution in [3.05, 3.63) is 12.2 Å². The fourth-order valence-corrected chi connectivity index (χ4v) is 7.25. The molecule has 0 spiro atoms. The fraction of sp³-hybridized carbons (Fsp3) is 0.808. The topological polar surface area (TPSA) is 81.7 Å². The Kier molecular flexibility index (Phi) is 7.41. The van der Waals surface area contributed by atoms with Crippen molar-refractivity contribution in [3.63, 3.8) is 0 Å². The molecule has 6 nitrogen and oxygen atoms in total. The number of hydrogen-bond acceptors (Lipinski definition) is 5. The van der Waals surface area contributed by atoms with Crippen LogP contribution < -0.4 is 5.32 Å². The van der Waals surface area contributed by atoms with Crippen LogP contribution in [0.4, 0.5) is 0 Å². The van der Waals surface area contributed by atoms with Gasteiger partial charge in [0, 0.05) is 33.2 Å². The van der Waals surface area contributed by atoms with Gasteiger partial charge in [-0.15, -0.1) is 0 Å². The van der Waals surface area contributed by atoms with Gasteiger partial charge in [-0.25, -0.2) is 0 Å². The van der Waals surface area contributed by atoms with Crippen molar-refractivity contribution in [2.24, 2.45) is 34.5 Å². The molecule has 0 saturated heterocycles. The van der Waals surface area contributed by atoms with E-state index >= 15 is 0 Å². The number of carbonyl (C=O) groups is 3. The van der Waals surface area contributed by atoms with Crippen molar-refractivity contribution < 1.29 is 23.9 Å². The molecule has 0 aliphatic heterocycles. The average Bonchev–Trinajstić information content (AvgIpc) is 3.00. The highest BCUT2D eigenvalue weighted by Gasteiger charge is 2.57. The first-order chi connectivity index (χ1) is 15.0. The molecule has 1 amide bonds. The lowest BCUT2D eigenvalue weighted by molar-refractivity contribution is -0.161. The van der Waals surface area contributed by atoms with Crippen LogP contribution in [-0.4, -0.2) is 37.1 Å². The van der Waals surface area contributed by atoms with Crippen LogP contribution in [0.15, 0.2) is 12.2 Å². The summed E-state index contributed by atoms with van der Waals surface area (Å²) in [6, 6.07) is 0. The summed E-state index contributed by atoms with van der Waals surface area (Å²) < 4.78 is 11.1. The molecule has 6 heteroatoms. The Morgan fingerprint density at radius 3 is 2.38 bits per heavy atom. The Morgan fingerprint density at radius 2 is 1.75 bits per heavy atom. The third-order valence-electron chi connectivity index (χ3n) is 9.13. The summed E-state index contributed by atoms with van der Waals surface area (Å²) >= 11 is 0. The predicted molar refractivity (Wildman–Crippen MR) is 123 cm³/mol. The molecule has 7 atom stereocenters. The van der Waals surface area contributed by atoms with Gasteiger partial charge in [0.25, 0.3) is 0 Å². The number of carbonyl (C=O) groups excluding carboxylic acids is 3. The largest absolute Gasteiger partial charge is 0.466 e. The van der Waals surface area contributed by atoms with Gasteiger partial charge in [-0.3, -0.25) is 14.4 Å². The molecule has 1 N–H and O–H groups in total. The van der Waals surface area contributed by atoms with Gasteiger partial charge in [-0.1, -0.05) is 26.0 Å². The molecule has 0 aromatic heterocycles. The van der Waals surface area contributed by atoms with Crippen LogP contribution in [0.3, 0.4) is 0 Å². The van der Waals surface area contributed by atoms with Gasteiger partial charge in [-0.2, -0.15) is 0 Å². The van der Waals surface area contributed by atoms with E-state index in [9.17, 15) is 14.4 Å². The zero-order valence-corrected chi connectivity index (χ0v) is 20.5. The second-order valence-electron chi connectivity index (χ2n) is 10.9. The normalized spacial score (nSPS) is 39.2. The van der Waals surface area contributed by atoms with Crippen LogP contribution >= 0.6 is 0 Å². The van der Waals surface area contributed by atoms with E-state index < -0.39 is 0 Å². The van der Waals surface area contributed by atoms with Crippen molar-refractivity contribution in [2.75, 3.05) is 13.2 Å². The number of esters is 2. The first kappa shape index (κ1) is 24.8. The lowest BCUT2D eigenvalue weighted by atomic mass is 9.49. The highest BCUT2D eigenvalue weighted by Crippen LogP contribution is 2.63. The van der Waals surface area contributed by atoms with Crippen molar-refractivity contribution in [3.8, 4) is 0 Å². The minimum absolute atomic E-state index is 0.00744. The summed E-state index contributed by atoms with van der Waals surface area (Å²) in [4.78, 5) is 35.1. The van der Waals surface area contributed by atoms with E-state index in [1.807, 2.05) is 0 Å². The number of allylic oxidation sites excluding steroid dienone is 1. The molecule has 0 aromatic carbocycles. The maximum Gasteiger partial charge on any atom is 0.302 e. The summed E-state index contributed by atoms with van der Waals surface area (Å²) in [6.07, 6.45) is 6.69. The standard InChI is InChI=1S/C26H41NO5/c1-16-7-8-23-22(14-27-17(2)28)24(10-12-25(16,23)5)26(6)11-9-21(32-19(4)30)13-20(26)15-31-18(3)29/h20-24H,1,7-15H2,2-6H3,(H,27,28)/t20-,21+,22+,23?,24?,25-,26+/m1/s1. The monoisotopic (exact) mass is 447 g/mol. The highest BCUT2D eigenvalue weighted by atomic mass is 16.5. The number of amides is 1. The van der Waals surface area contributed by atoms with E-state index in [0.717, 1.165) is 38.5 Å². The molecule has 180 valence electrons. The van der Waals surface area contributed by atoms with E-state index in [1.165, 1.54) is 19.4 Å². The molecular weight excluding hydrogens is 406 g/mol.